The molecule has 0 bridgehead atoms. The van der Waals surface area contributed by atoms with Crippen molar-refractivity contribution >= 4 is 40.5 Å². The van der Waals surface area contributed by atoms with Crippen molar-refractivity contribution in [1.82, 2.24) is 25.3 Å². The molecular formula is C18H18ClF3N8O2S. The van der Waals surface area contributed by atoms with E-state index in [1.165, 1.54) is 12.5 Å². The van der Waals surface area contributed by atoms with Crippen LogP contribution in [0.5, 0.6) is 0 Å². The predicted molar refractivity (Wildman–Crippen MR) is 115 cm³/mol. The second-order valence-electron chi connectivity index (χ2n) is 6.68. The first kappa shape index (κ1) is 24.7. The molecular weight excluding hydrogens is 485 g/mol. The topological polar surface area (TPSA) is 165 Å². The van der Waals surface area contributed by atoms with Crippen LogP contribution in [0.3, 0.4) is 0 Å². The summed E-state index contributed by atoms with van der Waals surface area (Å²) in [6, 6.07) is 0.115. The number of halogens is 4. The lowest BCUT2D eigenvalue weighted by Gasteiger charge is -2.19. The minimum atomic E-state index is -4.70. The number of aliphatic hydroxyl groups is 1. The Bertz CT molecular complexity index is 1160. The molecule has 1 amide bonds. The van der Waals surface area contributed by atoms with Gasteiger partial charge in [-0.05, 0) is 13.0 Å². The smallest absolute Gasteiger partial charge is 0.383 e. The third kappa shape index (κ3) is 5.72. The van der Waals surface area contributed by atoms with E-state index in [-0.39, 0.29) is 28.8 Å². The molecule has 0 saturated carbocycles. The van der Waals surface area contributed by atoms with E-state index in [9.17, 15) is 23.1 Å². The number of rotatable bonds is 7. The van der Waals surface area contributed by atoms with E-state index in [2.05, 4.69) is 30.6 Å². The number of aliphatic hydroxyl groups excluding tert-OH is 1. The van der Waals surface area contributed by atoms with Crippen molar-refractivity contribution in [3.8, 4) is 0 Å². The van der Waals surface area contributed by atoms with Gasteiger partial charge in [-0.3, -0.25) is 10.1 Å². The SMILES string of the molecule is CC(NC(O)c1ncnc(N)c1CN)c1ncc(C(=O)Nc2cc(C(F)(F)F)c(Cl)cn2)s1. The molecule has 2 unspecified atom stereocenters. The predicted octanol–water partition coefficient (Wildman–Crippen LogP) is 2.64. The average Bonchev–Trinajstić information content (AvgIpc) is 3.24. The van der Waals surface area contributed by atoms with Crippen molar-refractivity contribution in [3.05, 3.63) is 56.5 Å². The maximum atomic E-state index is 13.0. The number of thiazole rings is 1. The van der Waals surface area contributed by atoms with Crippen molar-refractivity contribution in [2.75, 3.05) is 11.1 Å². The Labute approximate surface area is 194 Å². The van der Waals surface area contributed by atoms with E-state index < -0.39 is 34.9 Å². The molecule has 0 aromatic carbocycles. The van der Waals surface area contributed by atoms with Gasteiger partial charge < -0.3 is 21.9 Å². The van der Waals surface area contributed by atoms with E-state index in [1.807, 2.05) is 0 Å². The molecule has 3 aromatic heterocycles. The fourth-order valence-corrected chi connectivity index (χ4v) is 3.80. The van der Waals surface area contributed by atoms with Crippen LogP contribution in [0.25, 0.3) is 0 Å². The number of aromatic nitrogens is 4. The van der Waals surface area contributed by atoms with Crippen LogP contribution in [0.4, 0.5) is 24.8 Å². The number of alkyl halides is 3. The van der Waals surface area contributed by atoms with Crippen LogP contribution in [-0.4, -0.2) is 30.9 Å². The molecule has 0 aliphatic rings. The van der Waals surface area contributed by atoms with E-state index in [4.69, 9.17) is 23.1 Å². The third-order valence-corrected chi connectivity index (χ3v) is 5.88. The minimum Gasteiger partial charge on any atom is -0.383 e. The lowest BCUT2D eigenvalue weighted by molar-refractivity contribution is -0.137. The number of nitrogens with zero attached hydrogens (tertiary/aromatic N) is 4. The fourth-order valence-electron chi connectivity index (χ4n) is 2.77. The molecule has 0 saturated heterocycles. The maximum Gasteiger partial charge on any atom is 0.418 e. The van der Waals surface area contributed by atoms with Crippen LogP contribution in [0, 0.1) is 0 Å². The molecule has 0 radical (unpaired) electrons. The lowest BCUT2D eigenvalue weighted by Crippen LogP contribution is -2.27. The molecule has 0 fully saturated rings. The molecule has 0 spiro atoms. The number of nitrogen functional groups attached to an aromatic ring is 1. The molecule has 33 heavy (non-hydrogen) atoms. The summed E-state index contributed by atoms with van der Waals surface area (Å²) < 4.78 is 39.0. The fraction of sp³-hybridized carbons (Fsp3) is 0.278. The molecule has 3 heterocycles. The van der Waals surface area contributed by atoms with Gasteiger partial charge in [-0.1, -0.05) is 11.6 Å². The van der Waals surface area contributed by atoms with Gasteiger partial charge in [-0.2, -0.15) is 13.2 Å². The van der Waals surface area contributed by atoms with Gasteiger partial charge in [0.05, 0.1) is 28.5 Å². The number of anilines is 2. The standard InChI is InChI=1S/C18H18ClF3N8O2S/c1-7(29-16(32)13-8(3-23)14(24)28-6-27-13)17-26-5-11(33-17)15(31)30-12-2-9(18(20,21)22)10(19)4-25-12/h2,4-7,16,29,32H,3,23H2,1H3,(H2,24,27,28)(H,25,30,31). The average molecular weight is 503 g/mol. The van der Waals surface area contributed by atoms with Gasteiger partial charge in [0.25, 0.3) is 5.91 Å². The van der Waals surface area contributed by atoms with Crippen LogP contribution in [0.1, 0.15) is 50.7 Å². The second-order valence-corrected chi connectivity index (χ2v) is 8.15. The second kappa shape index (κ2) is 9.93. The zero-order valence-electron chi connectivity index (χ0n) is 16.9. The van der Waals surface area contributed by atoms with Crippen LogP contribution in [0.15, 0.2) is 24.8 Å². The van der Waals surface area contributed by atoms with Crippen LogP contribution in [0.2, 0.25) is 5.02 Å². The Morgan fingerprint density at radius 3 is 2.67 bits per heavy atom. The molecule has 176 valence electrons. The first-order valence-electron chi connectivity index (χ1n) is 9.24. The van der Waals surface area contributed by atoms with Crippen molar-refractivity contribution in [1.29, 1.82) is 0 Å². The highest BCUT2D eigenvalue weighted by atomic mass is 35.5. The molecule has 2 atom stereocenters. The summed E-state index contributed by atoms with van der Waals surface area (Å²) in [5.41, 5.74) is 10.9. The number of nitrogens with two attached hydrogens (primary N) is 2. The summed E-state index contributed by atoms with van der Waals surface area (Å²) in [5.74, 6) is -0.874. The number of carbonyl (C=O) groups is 1. The molecule has 0 aliphatic carbocycles. The number of hydrogen-bond acceptors (Lipinski definition) is 10. The van der Waals surface area contributed by atoms with Crippen LogP contribution in [-0.2, 0) is 12.7 Å². The number of carbonyl (C=O) groups excluding carboxylic acids is 1. The van der Waals surface area contributed by atoms with Gasteiger partial charge in [0.2, 0.25) is 0 Å². The normalized spacial score (nSPS) is 13.5. The Hall–Kier alpha value is -2.91. The molecule has 3 rings (SSSR count). The highest BCUT2D eigenvalue weighted by molar-refractivity contribution is 7.13. The monoisotopic (exact) mass is 502 g/mol. The van der Waals surface area contributed by atoms with Crippen molar-refractivity contribution in [2.45, 2.75) is 31.9 Å². The van der Waals surface area contributed by atoms with Crippen molar-refractivity contribution in [2.24, 2.45) is 5.73 Å². The van der Waals surface area contributed by atoms with Crippen LogP contribution < -0.4 is 22.1 Å². The molecule has 15 heteroatoms. The Morgan fingerprint density at radius 2 is 2.00 bits per heavy atom. The first-order valence-corrected chi connectivity index (χ1v) is 10.4. The van der Waals surface area contributed by atoms with Gasteiger partial charge in [0.1, 0.15) is 34.1 Å². The number of pyridine rings is 1. The number of nitrogens with one attached hydrogen (secondary N) is 2. The summed E-state index contributed by atoms with van der Waals surface area (Å²) >= 11 is 6.51. The molecule has 10 nitrogen and oxygen atoms in total. The largest absolute Gasteiger partial charge is 0.418 e. The van der Waals surface area contributed by atoms with E-state index in [0.29, 0.717) is 16.6 Å². The van der Waals surface area contributed by atoms with Crippen molar-refractivity contribution < 1.29 is 23.1 Å². The summed E-state index contributed by atoms with van der Waals surface area (Å²) in [7, 11) is 0. The highest BCUT2D eigenvalue weighted by Gasteiger charge is 2.34. The first-order chi connectivity index (χ1) is 15.5. The number of amides is 1. The Morgan fingerprint density at radius 1 is 1.27 bits per heavy atom. The Kier molecular flexibility index (Phi) is 7.44. The number of hydrogen-bond donors (Lipinski definition) is 5. The minimum absolute atomic E-state index is 0.0193. The van der Waals surface area contributed by atoms with Gasteiger partial charge >= 0.3 is 6.18 Å². The van der Waals surface area contributed by atoms with Gasteiger partial charge in [0, 0.05) is 18.3 Å². The molecule has 7 N–H and O–H groups in total. The summed E-state index contributed by atoms with van der Waals surface area (Å²) in [4.78, 5) is 28.2. The summed E-state index contributed by atoms with van der Waals surface area (Å²) in [6.07, 6.45) is -2.68. The highest BCUT2D eigenvalue weighted by Crippen LogP contribution is 2.35. The van der Waals surface area contributed by atoms with Gasteiger partial charge in [0.15, 0.2) is 0 Å². The maximum absolute atomic E-state index is 13.0. The van der Waals surface area contributed by atoms with E-state index >= 15 is 0 Å². The summed E-state index contributed by atoms with van der Waals surface area (Å²) in [5, 5.41) is 15.5. The lowest BCUT2D eigenvalue weighted by atomic mass is 10.1. The van der Waals surface area contributed by atoms with Crippen molar-refractivity contribution in [3.63, 3.8) is 0 Å². The molecule has 0 aliphatic heterocycles. The molecule has 3 aromatic rings. The van der Waals surface area contributed by atoms with Crippen LogP contribution >= 0.6 is 22.9 Å². The Balaban J connectivity index is 1.70. The zero-order chi connectivity index (χ0) is 24.3. The van der Waals surface area contributed by atoms with E-state index in [1.54, 1.807) is 6.92 Å². The van der Waals surface area contributed by atoms with Gasteiger partial charge in [-0.25, -0.2) is 19.9 Å². The third-order valence-electron chi connectivity index (χ3n) is 4.40. The zero-order valence-corrected chi connectivity index (χ0v) is 18.5. The summed E-state index contributed by atoms with van der Waals surface area (Å²) in [6.45, 7) is 1.71. The van der Waals surface area contributed by atoms with E-state index in [0.717, 1.165) is 17.5 Å². The van der Waals surface area contributed by atoms with Gasteiger partial charge in [-0.15, -0.1) is 11.3 Å². The quantitative estimate of drug-likeness (QED) is 0.305.